The van der Waals surface area contributed by atoms with Gasteiger partial charge in [0, 0.05) is 36.3 Å². The number of nitrogens with zero attached hydrogens (tertiary/aromatic N) is 2. The zero-order valence-electron chi connectivity index (χ0n) is 11.2. The van der Waals surface area contributed by atoms with Gasteiger partial charge in [0.2, 0.25) is 5.91 Å². The van der Waals surface area contributed by atoms with Crippen LogP contribution in [0.5, 0.6) is 0 Å². The molecule has 2 aromatic rings. The minimum atomic E-state index is -0.104. The Hall–Kier alpha value is -2.21. The van der Waals surface area contributed by atoms with Crippen molar-refractivity contribution in [3.05, 3.63) is 24.0 Å². The molecule has 1 amide bonds. The van der Waals surface area contributed by atoms with Gasteiger partial charge in [-0.2, -0.15) is 0 Å². The van der Waals surface area contributed by atoms with E-state index < -0.39 is 0 Å². The maximum absolute atomic E-state index is 11.8. The Balaban J connectivity index is 2.01. The fourth-order valence-corrected chi connectivity index (χ4v) is 2.16. The van der Waals surface area contributed by atoms with Crippen LogP contribution in [0.15, 0.2) is 18.5 Å². The topological polar surface area (TPSA) is 87.1 Å². The number of pyridine rings is 2. The van der Waals surface area contributed by atoms with E-state index in [4.69, 9.17) is 0 Å². The van der Waals surface area contributed by atoms with Crippen molar-refractivity contribution < 1.29 is 9.90 Å². The largest absolute Gasteiger partial charge is 0.392 e. The van der Waals surface area contributed by atoms with Gasteiger partial charge in [-0.15, -0.1) is 0 Å². The molecular weight excluding hydrogens is 256 g/mol. The number of nitrogens with one attached hydrogen (secondary N) is 2. The fourth-order valence-electron chi connectivity index (χ4n) is 2.16. The van der Waals surface area contributed by atoms with E-state index in [-0.39, 0.29) is 18.4 Å². The molecule has 0 aliphatic heterocycles. The van der Waals surface area contributed by atoms with Crippen molar-refractivity contribution in [3.8, 4) is 0 Å². The van der Waals surface area contributed by atoms with Gasteiger partial charge in [-0.3, -0.25) is 4.79 Å². The molecule has 0 bridgehead atoms. The predicted molar refractivity (Wildman–Crippen MR) is 76.4 cm³/mol. The number of hydrogen-bond acceptors (Lipinski definition) is 5. The first-order valence-corrected chi connectivity index (χ1v) is 6.60. The molecular formula is C14H16N4O2. The number of aliphatic hydroxyl groups is 1. The summed E-state index contributed by atoms with van der Waals surface area (Å²) in [6.07, 6.45) is 5.20. The highest BCUT2D eigenvalue weighted by atomic mass is 16.3. The van der Waals surface area contributed by atoms with Crippen LogP contribution < -0.4 is 10.6 Å². The third kappa shape index (κ3) is 2.30. The van der Waals surface area contributed by atoms with Gasteiger partial charge in [0.1, 0.15) is 11.6 Å². The summed E-state index contributed by atoms with van der Waals surface area (Å²) in [4.78, 5) is 20.2. The maximum atomic E-state index is 11.8. The number of aliphatic hydroxyl groups excluding tert-OH is 1. The summed E-state index contributed by atoms with van der Waals surface area (Å²) in [6.45, 7) is -0.104. The standard InChI is InChI=1S/C14H16N4O2/c1-15-13-11-6-16-12(18-14(20)8-2-3-8)4-10(11)9(7-19)5-17-13/h4-6,8,19H,2-3,7H2,1H3,(H,15,17)(H,16,18,20). The molecule has 0 saturated heterocycles. The molecule has 0 atom stereocenters. The first kappa shape index (κ1) is 12.8. The van der Waals surface area contributed by atoms with Gasteiger partial charge in [-0.1, -0.05) is 0 Å². The van der Waals surface area contributed by atoms with Gasteiger partial charge in [-0.25, -0.2) is 9.97 Å². The molecule has 0 radical (unpaired) electrons. The first-order chi connectivity index (χ1) is 9.72. The summed E-state index contributed by atoms with van der Waals surface area (Å²) in [5.41, 5.74) is 0.711. The molecule has 2 aromatic heterocycles. The maximum Gasteiger partial charge on any atom is 0.228 e. The van der Waals surface area contributed by atoms with Crippen molar-refractivity contribution in [2.45, 2.75) is 19.4 Å². The number of carbonyl (C=O) groups excluding carboxylic acids is 1. The Kier molecular flexibility index (Phi) is 3.23. The van der Waals surface area contributed by atoms with Gasteiger partial charge in [0.05, 0.1) is 6.61 Å². The molecule has 1 aliphatic rings. The second-order valence-electron chi connectivity index (χ2n) is 4.92. The second-order valence-corrected chi connectivity index (χ2v) is 4.92. The van der Waals surface area contributed by atoms with Gasteiger partial charge in [-0.05, 0) is 24.3 Å². The minimum absolute atomic E-state index is 0.0188. The third-order valence-corrected chi connectivity index (χ3v) is 3.46. The first-order valence-electron chi connectivity index (χ1n) is 6.60. The van der Waals surface area contributed by atoms with Gasteiger partial charge < -0.3 is 15.7 Å². The average Bonchev–Trinajstić information content (AvgIpc) is 3.30. The number of rotatable bonds is 4. The van der Waals surface area contributed by atoms with E-state index in [0.29, 0.717) is 17.2 Å². The van der Waals surface area contributed by atoms with E-state index in [1.54, 1.807) is 25.5 Å². The third-order valence-electron chi connectivity index (χ3n) is 3.46. The lowest BCUT2D eigenvalue weighted by Crippen LogP contribution is -2.14. The number of aromatic nitrogens is 2. The minimum Gasteiger partial charge on any atom is -0.392 e. The lowest BCUT2D eigenvalue weighted by Gasteiger charge is -2.10. The lowest BCUT2D eigenvalue weighted by molar-refractivity contribution is -0.117. The molecule has 2 heterocycles. The number of carbonyl (C=O) groups is 1. The Labute approximate surface area is 116 Å². The predicted octanol–water partition coefficient (Wildman–Crippen LogP) is 1.51. The Morgan fingerprint density at radius 3 is 2.80 bits per heavy atom. The highest BCUT2D eigenvalue weighted by Gasteiger charge is 2.29. The van der Waals surface area contributed by atoms with Crippen LogP contribution in [0.25, 0.3) is 10.8 Å². The highest BCUT2D eigenvalue weighted by molar-refractivity contribution is 5.98. The van der Waals surface area contributed by atoms with Gasteiger partial charge in [0.25, 0.3) is 0 Å². The second kappa shape index (κ2) is 5.05. The Bertz CT molecular complexity index is 668. The number of anilines is 2. The van der Waals surface area contributed by atoms with E-state index in [9.17, 15) is 9.90 Å². The van der Waals surface area contributed by atoms with Crippen LogP contribution in [0, 0.1) is 5.92 Å². The van der Waals surface area contributed by atoms with E-state index in [2.05, 4.69) is 20.6 Å². The van der Waals surface area contributed by atoms with Crippen molar-refractivity contribution >= 4 is 28.3 Å². The highest BCUT2D eigenvalue weighted by Crippen LogP contribution is 2.31. The van der Waals surface area contributed by atoms with Crippen LogP contribution in [0.4, 0.5) is 11.6 Å². The van der Waals surface area contributed by atoms with Crippen LogP contribution in [0.1, 0.15) is 18.4 Å². The van der Waals surface area contributed by atoms with Crippen molar-refractivity contribution in [2.75, 3.05) is 17.7 Å². The molecule has 6 nitrogen and oxygen atoms in total. The molecule has 104 valence electrons. The van der Waals surface area contributed by atoms with Gasteiger partial charge >= 0.3 is 0 Å². The van der Waals surface area contributed by atoms with Crippen LogP contribution in [-0.4, -0.2) is 28.0 Å². The number of fused-ring (bicyclic) bond motifs is 1. The van der Waals surface area contributed by atoms with E-state index in [1.165, 1.54) is 0 Å². The molecule has 3 N–H and O–H groups in total. The molecule has 1 saturated carbocycles. The SMILES string of the molecule is CNc1ncc(CO)c2cc(NC(=O)C3CC3)ncc12. The van der Waals surface area contributed by atoms with Crippen molar-refractivity contribution in [2.24, 2.45) is 5.92 Å². The van der Waals surface area contributed by atoms with Crippen LogP contribution in [0.2, 0.25) is 0 Å². The normalized spacial score (nSPS) is 14.3. The molecule has 0 aromatic carbocycles. The molecule has 1 aliphatic carbocycles. The van der Waals surface area contributed by atoms with Crippen molar-refractivity contribution in [3.63, 3.8) is 0 Å². The molecule has 20 heavy (non-hydrogen) atoms. The van der Waals surface area contributed by atoms with Crippen LogP contribution in [0.3, 0.4) is 0 Å². The average molecular weight is 272 g/mol. The monoisotopic (exact) mass is 272 g/mol. The van der Waals surface area contributed by atoms with Crippen LogP contribution in [-0.2, 0) is 11.4 Å². The van der Waals surface area contributed by atoms with Crippen molar-refractivity contribution in [1.82, 2.24) is 9.97 Å². The molecule has 3 rings (SSSR count). The fraction of sp³-hybridized carbons (Fsp3) is 0.357. The number of hydrogen-bond donors (Lipinski definition) is 3. The Morgan fingerprint density at radius 2 is 2.15 bits per heavy atom. The smallest absolute Gasteiger partial charge is 0.228 e. The molecule has 0 spiro atoms. The zero-order chi connectivity index (χ0) is 14.1. The molecule has 6 heteroatoms. The van der Waals surface area contributed by atoms with E-state index >= 15 is 0 Å². The quantitative estimate of drug-likeness (QED) is 0.785. The van der Waals surface area contributed by atoms with E-state index in [0.717, 1.165) is 23.6 Å². The van der Waals surface area contributed by atoms with Crippen molar-refractivity contribution in [1.29, 1.82) is 0 Å². The number of amides is 1. The summed E-state index contributed by atoms with van der Waals surface area (Å²) in [7, 11) is 1.78. The lowest BCUT2D eigenvalue weighted by atomic mass is 10.1. The summed E-state index contributed by atoms with van der Waals surface area (Å²) >= 11 is 0. The van der Waals surface area contributed by atoms with Gasteiger partial charge in [0.15, 0.2) is 0 Å². The molecule has 1 fully saturated rings. The zero-order valence-corrected chi connectivity index (χ0v) is 11.2. The Morgan fingerprint density at radius 1 is 1.35 bits per heavy atom. The summed E-state index contributed by atoms with van der Waals surface area (Å²) in [5, 5.41) is 16.9. The summed E-state index contributed by atoms with van der Waals surface area (Å²) in [5.74, 6) is 1.36. The summed E-state index contributed by atoms with van der Waals surface area (Å²) < 4.78 is 0. The van der Waals surface area contributed by atoms with E-state index in [1.807, 2.05) is 0 Å². The van der Waals surface area contributed by atoms with Crippen LogP contribution >= 0.6 is 0 Å². The summed E-state index contributed by atoms with van der Waals surface area (Å²) in [6, 6.07) is 1.78. The molecule has 0 unspecified atom stereocenters.